The highest BCUT2D eigenvalue weighted by atomic mass is 28.4. The lowest BCUT2D eigenvalue weighted by Gasteiger charge is -2.38. The second kappa shape index (κ2) is 9.67. The average molecular weight is 381 g/mol. The first-order valence-electron chi connectivity index (χ1n) is 9.35. The topological polar surface area (TPSA) is 44.8 Å². The lowest BCUT2D eigenvalue weighted by atomic mass is 9.95. The average Bonchev–Trinajstić information content (AvgIpc) is 2.59. The summed E-state index contributed by atoms with van der Waals surface area (Å²) in [6.45, 7) is 16.3. The van der Waals surface area contributed by atoms with Crippen LogP contribution >= 0.6 is 0 Å². The number of carbonyl (C=O) groups excluding carboxylic acids is 1. The van der Waals surface area contributed by atoms with Gasteiger partial charge in [-0.2, -0.15) is 0 Å². The second-order valence-corrected chi connectivity index (χ2v) is 13.5. The van der Waals surface area contributed by atoms with Gasteiger partial charge < -0.3 is 18.7 Å². The zero-order chi connectivity index (χ0) is 20.0. The zero-order valence-corrected chi connectivity index (χ0v) is 18.7. The molecule has 0 saturated carbocycles. The number of aldehydes is 1. The molecular formula is C21H36O4Si. The molecule has 4 nitrogen and oxygen atoms in total. The molecule has 0 fully saturated rings. The smallest absolute Gasteiger partial charge is 0.191 e. The van der Waals surface area contributed by atoms with Gasteiger partial charge in [-0.05, 0) is 35.8 Å². The highest BCUT2D eigenvalue weighted by Crippen LogP contribution is 2.37. The van der Waals surface area contributed by atoms with Gasteiger partial charge >= 0.3 is 0 Å². The molecule has 26 heavy (non-hydrogen) atoms. The third-order valence-corrected chi connectivity index (χ3v) is 9.91. The number of methoxy groups -OCH3 is 1. The third-order valence-electron chi connectivity index (χ3n) is 5.41. The molecule has 0 amide bonds. The Morgan fingerprint density at radius 1 is 1.12 bits per heavy atom. The van der Waals surface area contributed by atoms with Crippen molar-refractivity contribution in [3.8, 4) is 5.75 Å². The molecule has 0 saturated heterocycles. The van der Waals surface area contributed by atoms with Crippen LogP contribution in [-0.4, -0.2) is 34.4 Å². The fourth-order valence-electron chi connectivity index (χ4n) is 2.48. The van der Waals surface area contributed by atoms with Crippen molar-refractivity contribution in [1.82, 2.24) is 0 Å². The van der Waals surface area contributed by atoms with Gasteiger partial charge in [0.15, 0.2) is 8.32 Å². The van der Waals surface area contributed by atoms with Crippen LogP contribution < -0.4 is 4.74 Å². The molecule has 0 bridgehead atoms. The predicted octanol–water partition coefficient (Wildman–Crippen LogP) is 5.07. The maximum atomic E-state index is 11.4. The highest BCUT2D eigenvalue weighted by molar-refractivity contribution is 6.74. The molecule has 3 atom stereocenters. The minimum atomic E-state index is -1.81. The number of hydrogen-bond donors (Lipinski definition) is 0. The van der Waals surface area contributed by atoms with E-state index in [2.05, 4.69) is 40.8 Å². The molecule has 1 unspecified atom stereocenters. The largest absolute Gasteiger partial charge is 0.497 e. The van der Waals surface area contributed by atoms with Gasteiger partial charge in [-0.15, -0.1) is 0 Å². The molecule has 0 aromatic heterocycles. The molecule has 1 aromatic carbocycles. The summed E-state index contributed by atoms with van der Waals surface area (Å²) in [7, 11) is -0.164. The second-order valence-electron chi connectivity index (χ2n) is 8.67. The summed E-state index contributed by atoms with van der Waals surface area (Å²) in [6.07, 6.45) is 0.806. The molecule has 0 heterocycles. The first-order chi connectivity index (χ1) is 12.0. The van der Waals surface area contributed by atoms with E-state index in [1.807, 2.05) is 31.2 Å². The van der Waals surface area contributed by atoms with Crippen LogP contribution in [-0.2, 0) is 20.6 Å². The Balaban J connectivity index is 2.71. The van der Waals surface area contributed by atoms with Gasteiger partial charge in [0.2, 0.25) is 0 Å². The quantitative estimate of drug-likeness (QED) is 0.420. The SMILES string of the molecule is COc1ccc(CO[C@@H](C(C)C=O)[C@@H](C)CO[Si](C)(C)C(C)(C)C)cc1. The van der Waals surface area contributed by atoms with Crippen molar-refractivity contribution < 1.29 is 18.7 Å². The van der Waals surface area contributed by atoms with E-state index in [4.69, 9.17) is 13.9 Å². The Morgan fingerprint density at radius 3 is 2.15 bits per heavy atom. The summed E-state index contributed by atoms with van der Waals surface area (Å²) in [5.74, 6) is 0.788. The minimum Gasteiger partial charge on any atom is -0.497 e. The Hall–Kier alpha value is -1.17. The van der Waals surface area contributed by atoms with Gasteiger partial charge in [0.25, 0.3) is 0 Å². The fourth-order valence-corrected chi connectivity index (χ4v) is 3.59. The molecule has 0 spiro atoms. The monoisotopic (exact) mass is 380 g/mol. The van der Waals surface area contributed by atoms with Gasteiger partial charge in [-0.3, -0.25) is 0 Å². The summed E-state index contributed by atoms with van der Waals surface area (Å²) in [5, 5.41) is 0.169. The van der Waals surface area contributed by atoms with Crippen LogP contribution in [0.2, 0.25) is 18.1 Å². The van der Waals surface area contributed by atoms with Crippen LogP contribution in [0, 0.1) is 11.8 Å². The van der Waals surface area contributed by atoms with Crippen molar-refractivity contribution in [3.05, 3.63) is 29.8 Å². The van der Waals surface area contributed by atoms with Crippen molar-refractivity contribution in [2.24, 2.45) is 11.8 Å². The van der Waals surface area contributed by atoms with Crippen LogP contribution in [0.5, 0.6) is 5.75 Å². The van der Waals surface area contributed by atoms with Crippen molar-refractivity contribution in [1.29, 1.82) is 0 Å². The number of ether oxygens (including phenoxy) is 2. The van der Waals surface area contributed by atoms with Crippen molar-refractivity contribution in [3.63, 3.8) is 0 Å². The first kappa shape index (κ1) is 22.9. The summed E-state index contributed by atoms with van der Waals surface area (Å²) in [6, 6.07) is 7.80. The van der Waals surface area contributed by atoms with Crippen LogP contribution in [0.1, 0.15) is 40.2 Å². The number of benzene rings is 1. The minimum absolute atomic E-state index is 0.141. The van der Waals surface area contributed by atoms with E-state index >= 15 is 0 Å². The van der Waals surface area contributed by atoms with E-state index in [9.17, 15) is 4.79 Å². The molecule has 5 heteroatoms. The summed E-state index contributed by atoms with van der Waals surface area (Å²) in [4.78, 5) is 11.4. The maximum Gasteiger partial charge on any atom is 0.191 e. The Bertz CT molecular complexity index is 548. The van der Waals surface area contributed by atoms with E-state index in [0.717, 1.165) is 17.6 Å². The normalized spacial score (nSPS) is 16.0. The lowest BCUT2D eigenvalue weighted by molar-refractivity contribution is -0.118. The van der Waals surface area contributed by atoms with E-state index in [-0.39, 0.29) is 23.0 Å². The Kier molecular flexibility index (Phi) is 8.51. The first-order valence-corrected chi connectivity index (χ1v) is 12.3. The van der Waals surface area contributed by atoms with E-state index in [1.165, 1.54) is 0 Å². The zero-order valence-electron chi connectivity index (χ0n) is 17.7. The van der Waals surface area contributed by atoms with Gasteiger partial charge in [0.1, 0.15) is 12.0 Å². The Labute approximate surface area is 160 Å². The molecule has 1 rings (SSSR count). The lowest BCUT2D eigenvalue weighted by Crippen LogP contribution is -2.43. The summed E-state index contributed by atoms with van der Waals surface area (Å²) < 4.78 is 17.7. The third kappa shape index (κ3) is 6.52. The molecule has 1 aromatic rings. The van der Waals surface area contributed by atoms with Crippen molar-refractivity contribution in [2.45, 2.75) is 65.5 Å². The molecule has 0 radical (unpaired) electrons. The summed E-state index contributed by atoms with van der Waals surface area (Å²) in [5.41, 5.74) is 1.06. The highest BCUT2D eigenvalue weighted by Gasteiger charge is 2.38. The van der Waals surface area contributed by atoms with Gasteiger partial charge in [-0.1, -0.05) is 46.8 Å². The van der Waals surface area contributed by atoms with Gasteiger partial charge in [-0.25, -0.2) is 0 Å². The molecule has 0 N–H and O–H groups in total. The number of hydrogen-bond acceptors (Lipinski definition) is 4. The Morgan fingerprint density at radius 2 is 1.69 bits per heavy atom. The molecular weight excluding hydrogens is 344 g/mol. The summed E-state index contributed by atoms with van der Waals surface area (Å²) >= 11 is 0. The van der Waals surface area contributed by atoms with Crippen LogP contribution in [0.4, 0.5) is 0 Å². The predicted molar refractivity (Wildman–Crippen MR) is 109 cm³/mol. The van der Waals surface area contributed by atoms with E-state index < -0.39 is 8.32 Å². The van der Waals surface area contributed by atoms with E-state index in [1.54, 1.807) is 7.11 Å². The molecule has 0 aliphatic carbocycles. The number of rotatable bonds is 10. The molecule has 0 aliphatic rings. The maximum absolute atomic E-state index is 11.4. The van der Waals surface area contributed by atoms with Crippen molar-refractivity contribution in [2.75, 3.05) is 13.7 Å². The van der Waals surface area contributed by atoms with Gasteiger partial charge in [0, 0.05) is 18.4 Å². The number of carbonyl (C=O) groups is 1. The molecule has 148 valence electrons. The fraction of sp³-hybridized carbons (Fsp3) is 0.667. The van der Waals surface area contributed by atoms with Crippen LogP contribution in [0.15, 0.2) is 24.3 Å². The van der Waals surface area contributed by atoms with Crippen LogP contribution in [0.3, 0.4) is 0 Å². The van der Waals surface area contributed by atoms with Crippen LogP contribution in [0.25, 0.3) is 0 Å². The van der Waals surface area contributed by atoms with Crippen molar-refractivity contribution >= 4 is 14.6 Å². The molecule has 0 aliphatic heterocycles. The van der Waals surface area contributed by atoms with Gasteiger partial charge in [0.05, 0.1) is 19.8 Å². The standard InChI is InChI=1S/C21H36O4Si/c1-16(13-22)20(17(2)14-25-26(7,8)21(3,4)5)24-15-18-9-11-19(23-6)12-10-18/h9-13,16-17,20H,14-15H2,1-8H3/t16?,17-,20-/m0/s1. The van der Waals surface area contributed by atoms with E-state index in [0.29, 0.717) is 13.2 Å².